The van der Waals surface area contributed by atoms with Gasteiger partial charge in [-0.3, -0.25) is 0 Å². The third-order valence-electron chi connectivity index (χ3n) is 2.28. The molecule has 2 N–H and O–H groups in total. The maximum Gasteiger partial charge on any atom is 0.123 e. The zero-order valence-electron chi connectivity index (χ0n) is 7.29. The van der Waals surface area contributed by atoms with Gasteiger partial charge >= 0.3 is 0 Å². The number of aryl methyl sites for hydroxylation is 1. The number of aliphatic hydroxyl groups is 1. The second-order valence-corrected chi connectivity index (χ2v) is 3.20. The topological polar surface area (TPSA) is 49.7 Å². The van der Waals surface area contributed by atoms with Gasteiger partial charge in [0.1, 0.15) is 11.5 Å². The summed E-state index contributed by atoms with van der Waals surface area (Å²) in [4.78, 5) is 0. The van der Waals surface area contributed by atoms with Crippen LogP contribution < -0.4 is 4.74 Å². The lowest BCUT2D eigenvalue weighted by atomic mass is 10.0. The fourth-order valence-electron chi connectivity index (χ4n) is 1.55. The molecule has 1 aromatic carbocycles. The number of aliphatic hydroxyl groups excluding tert-OH is 1. The molecule has 0 saturated carbocycles. The average molecular weight is 180 g/mol. The van der Waals surface area contributed by atoms with Gasteiger partial charge in [0.25, 0.3) is 0 Å². The van der Waals surface area contributed by atoms with Crippen molar-refractivity contribution >= 4 is 0 Å². The van der Waals surface area contributed by atoms with Gasteiger partial charge in [0.05, 0.1) is 13.2 Å². The van der Waals surface area contributed by atoms with Crippen LogP contribution in [0.2, 0.25) is 0 Å². The van der Waals surface area contributed by atoms with E-state index >= 15 is 0 Å². The Labute approximate surface area is 76.6 Å². The molecule has 0 unspecified atom stereocenters. The van der Waals surface area contributed by atoms with E-state index in [0.29, 0.717) is 5.56 Å². The first kappa shape index (κ1) is 8.38. The molecule has 13 heavy (non-hydrogen) atoms. The molecule has 0 aromatic heterocycles. The third-order valence-corrected chi connectivity index (χ3v) is 2.28. The van der Waals surface area contributed by atoms with Gasteiger partial charge < -0.3 is 14.9 Å². The van der Waals surface area contributed by atoms with Gasteiger partial charge in [-0.05, 0) is 30.5 Å². The number of benzene rings is 1. The highest BCUT2D eigenvalue weighted by molar-refractivity contribution is 5.46. The van der Waals surface area contributed by atoms with Crippen molar-refractivity contribution < 1.29 is 14.9 Å². The highest BCUT2D eigenvalue weighted by Crippen LogP contribution is 2.31. The lowest BCUT2D eigenvalue weighted by Crippen LogP contribution is -2.08. The van der Waals surface area contributed by atoms with E-state index < -0.39 is 0 Å². The average Bonchev–Trinajstić information content (AvgIpc) is 2.17. The number of hydrogen-bond acceptors (Lipinski definition) is 3. The minimum Gasteiger partial charge on any atom is -0.508 e. The maximum atomic E-state index is 9.45. The van der Waals surface area contributed by atoms with Crippen LogP contribution in [0.3, 0.4) is 0 Å². The van der Waals surface area contributed by atoms with Crippen molar-refractivity contribution in [2.75, 3.05) is 6.61 Å². The van der Waals surface area contributed by atoms with E-state index in [9.17, 15) is 5.11 Å². The van der Waals surface area contributed by atoms with E-state index in [0.717, 1.165) is 30.8 Å². The summed E-state index contributed by atoms with van der Waals surface area (Å²) in [5.74, 6) is 0.958. The van der Waals surface area contributed by atoms with Crippen LogP contribution in [-0.2, 0) is 13.0 Å². The molecular formula is C10H12O3. The molecule has 0 radical (unpaired) electrons. The molecule has 1 aliphatic rings. The summed E-state index contributed by atoms with van der Waals surface area (Å²) in [5.41, 5.74) is 1.56. The molecule has 2 rings (SSSR count). The molecule has 70 valence electrons. The summed E-state index contributed by atoms with van der Waals surface area (Å²) in [6.45, 7) is 0.575. The molecule has 0 spiro atoms. The van der Waals surface area contributed by atoms with Crippen LogP contribution in [-0.4, -0.2) is 16.8 Å². The fraction of sp³-hybridized carbons (Fsp3) is 0.400. The summed E-state index contributed by atoms with van der Waals surface area (Å²) in [7, 11) is 0. The second-order valence-electron chi connectivity index (χ2n) is 3.20. The van der Waals surface area contributed by atoms with Gasteiger partial charge in [-0.1, -0.05) is 0 Å². The van der Waals surface area contributed by atoms with Crippen molar-refractivity contribution in [3.63, 3.8) is 0 Å². The zero-order valence-corrected chi connectivity index (χ0v) is 7.29. The van der Waals surface area contributed by atoms with Crippen molar-refractivity contribution in [1.82, 2.24) is 0 Å². The van der Waals surface area contributed by atoms with E-state index in [1.807, 2.05) is 0 Å². The number of fused-ring (bicyclic) bond motifs is 1. The summed E-state index contributed by atoms with van der Waals surface area (Å²) >= 11 is 0. The van der Waals surface area contributed by atoms with Gasteiger partial charge in [0, 0.05) is 5.56 Å². The molecule has 0 bridgehead atoms. The number of hydrogen-bond donors (Lipinski definition) is 2. The SMILES string of the molecule is OCc1cc2c(cc1O)CCCO2. The minimum absolute atomic E-state index is 0.150. The predicted molar refractivity (Wildman–Crippen MR) is 47.8 cm³/mol. The van der Waals surface area contributed by atoms with Crippen LogP contribution in [0.5, 0.6) is 11.5 Å². The van der Waals surface area contributed by atoms with Crippen molar-refractivity contribution in [2.45, 2.75) is 19.4 Å². The quantitative estimate of drug-likeness (QED) is 0.683. The molecule has 1 aliphatic heterocycles. The molecule has 1 heterocycles. The first-order valence-electron chi connectivity index (χ1n) is 4.39. The van der Waals surface area contributed by atoms with Crippen molar-refractivity contribution in [3.8, 4) is 11.5 Å². The van der Waals surface area contributed by atoms with Crippen LogP contribution in [0.25, 0.3) is 0 Å². The van der Waals surface area contributed by atoms with Crippen LogP contribution in [0.15, 0.2) is 12.1 Å². The molecule has 0 fully saturated rings. The summed E-state index contributed by atoms with van der Waals surface area (Å²) in [6.07, 6.45) is 1.93. The van der Waals surface area contributed by atoms with Crippen LogP contribution >= 0.6 is 0 Å². The molecule has 1 aromatic rings. The van der Waals surface area contributed by atoms with Crippen molar-refractivity contribution in [3.05, 3.63) is 23.3 Å². The maximum absolute atomic E-state index is 9.45. The molecule has 0 aliphatic carbocycles. The number of phenols is 1. The molecule has 0 amide bonds. The summed E-state index contributed by atoms with van der Waals surface area (Å²) in [5, 5.41) is 18.4. The number of aromatic hydroxyl groups is 1. The Morgan fingerprint density at radius 2 is 2.23 bits per heavy atom. The minimum atomic E-state index is -0.150. The standard InChI is InChI=1S/C10H12O3/c11-6-8-5-10-7(4-9(8)12)2-1-3-13-10/h4-5,11-12H,1-3,6H2. The van der Waals surface area contributed by atoms with Gasteiger partial charge in [-0.2, -0.15) is 0 Å². The van der Waals surface area contributed by atoms with E-state index in [1.54, 1.807) is 12.1 Å². The largest absolute Gasteiger partial charge is 0.508 e. The van der Waals surface area contributed by atoms with Crippen LogP contribution in [0, 0.1) is 0 Å². The fourth-order valence-corrected chi connectivity index (χ4v) is 1.55. The highest BCUT2D eigenvalue weighted by Gasteiger charge is 2.13. The Morgan fingerprint density at radius 3 is 3.00 bits per heavy atom. The Balaban J connectivity index is 2.44. The first-order valence-corrected chi connectivity index (χ1v) is 4.39. The highest BCUT2D eigenvalue weighted by atomic mass is 16.5. The Bertz CT molecular complexity index is 320. The Morgan fingerprint density at radius 1 is 1.38 bits per heavy atom. The molecule has 0 atom stereocenters. The number of ether oxygens (including phenoxy) is 1. The Kier molecular flexibility index (Phi) is 2.10. The number of rotatable bonds is 1. The Hall–Kier alpha value is -1.22. The molecule has 0 saturated heterocycles. The van der Waals surface area contributed by atoms with Crippen LogP contribution in [0.4, 0.5) is 0 Å². The summed E-state index contributed by atoms with van der Waals surface area (Å²) in [6, 6.07) is 3.39. The van der Waals surface area contributed by atoms with E-state index in [-0.39, 0.29) is 12.4 Å². The smallest absolute Gasteiger partial charge is 0.123 e. The second kappa shape index (κ2) is 3.26. The monoisotopic (exact) mass is 180 g/mol. The summed E-state index contributed by atoms with van der Waals surface area (Å²) < 4.78 is 5.40. The van der Waals surface area contributed by atoms with Crippen molar-refractivity contribution in [2.24, 2.45) is 0 Å². The van der Waals surface area contributed by atoms with Gasteiger partial charge in [-0.15, -0.1) is 0 Å². The molecular weight excluding hydrogens is 168 g/mol. The lowest BCUT2D eigenvalue weighted by molar-refractivity contribution is 0.267. The third kappa shape index (κ3) is 1.47. The predicted octanol–water partition coefficient (Wildman–Crippen LogP) is 1.21. The van der Waals surface area contributed by atoms with Gasteiger partial charge in [0.2, 0.25) is 0 Å². The van der Waals surface area contributed by atoms with E-state index in [4.69, 9.17) is 9.84 Å². The molecule has 3 heteroatoms. The van der Waals surface area contributed by atoms with Gasteiger partial charge in [0.15, 0.2) is 0 Å². The first-order chi connectivity index (χ1) is 6.31. The zero-order chi connectivity index (χ0) is 9.26. The van der Waals surface area contributed by atoms with E-state index in [2.05, 4.69) is 0 Å². The van der Waals surface area contributed by atoms with E-state index in [1.165, 1.54) is 0 Å². The van der Waals surface area contributed by atoms with Gasteiger partial charge in [-0.25, -0.2) is 0 Å². The lowest BCUT2D eigenvalue weighted by Gasteiger charge is -2.18. The molecule has 3 nitrogen and oxygen atoms in total. The normalized spacial score (nSPS) is 14.8. The van der Waals surface area contributed by atoms with Crippen LogP contribution in [0.1, 0.15) is 17.5 Å². The van der Waals surface area contributed by atoms with Crippen molar-refractivity contribution in [1.29, 1.82) is 0 Å².